The number of esters is 1. The highest BCUT2D eigenvalue weighted by Crippen LogP contribution is 2.22. The van der Waals surface area contributed by atoms with Gasteiger partial charge in [0.05, 0.1) is 12.7 Å². The number of rotatable bonds is 6. The maximum Gasteiger partial charge on any atom is 0.349 e. The maximum atomic E-state index is 12.3. The first-order valence-corrected chi connectivity index (χ1v) is 9.16. The summed E-state index contributed by atoms with van der Waals surface area (Å²) in [7, 11) is 1.54. The van der Waals surface area contributed by atoms with Crippen molar-refractivity contribution in [2.24, 2.45) is 0 Å². The van der Waals surface area contributed by atoms with Crippen LogP contribution in [-0.2, 0) is 0 Å². The molecule has 1 atom stereocenters. The Bertz CT molecular complexity index is 1100. The van der Waals surface area contributed by atoms with Gasteiger partial charge in [-0.3, -0.25) is 4.79 Å². The Balaban J connectivity index is 1.82. The topological polar surface area (TPSA) is 94.8 Å². The molecule has 0 aliphatic heterocycles. The van der Waals surface area contributed by atoms with Crippen molar-refractivity contribution in [1.29, 1.82) is 0 Å². The number of benzene rings is 2. The van der Waals surface area contributed by atoms with Crippen molar-refractivity contribution in [2.75, 3.05) is 7.11 Å². The molecule has 0 aliphatic carbocycles. The number of nitrogens with one attached hydrogen (secondary N) is 1. The second kappa shape index (κ2) is 8.60. The lowest BCUT2D eigenvalue weighted by Gasteiger charge is -2.11. The van der Waals surface area contributed by atoms with Crippen molar-refractivity contribution >= 4 is 22.8 Å². The van der Waals surface area contributed by atoms with Crippen LogP contribution in [0.2, 0.25) is 0 Å². The molecule has 1 N–H and O–H groups in total. The van der Waals surface area contributed by atoms with Gasteiger partial charge in [0.15, 0.2) is 0 Å². The van der Waals surface area contributed by atoms with Gasteiger partial charge in [0, 0.05) is 17.5 Å². The molecule has 0 radical (unpaired) electrons. The van der Waals surface area contributed by atoms with Crippen molar-refractivity contribution in [3.8, 4) is 11.5 Å². The van der Waals surface area contributed by atoms with Gasteiger partial charge in [0.2, 0.25) is 0 Å². The van der Waals surface area contributed by atoms with E-state index < -0.39 is 17.5 Å². The first kappa shape index (κ1) is 20.1. The molecular formula is C22H21NO6. The highest BCUT2D eigenvalue weighted by atomic mass is 16.5. The Hall–Kier alpha value is -3.61. The predicted octanol–water partition coefficient (Wildman–Crippen LogP) is 3.55. The van der Waals surface area contributed by atoms with E-state index in [4.69, 9.17) is 13.9 Å². The summed E-state index contributed by atoms with van der Waals surface area (Å²) in [6.45, 7) is 3.78. The average molecular weight is 395 g/mol. The third-order valence-electron chi connectivity index (χ3n) is 4.48. The number of carbonyl (C=O) groups is 2. The van der Waals surface area contributed by atoms with Crippen molar-refractivity contribution in [3.05, 3.63) is 70.1 Å². The van der Waals surface area contributed by atoms with Crippen LogP contribution < -0.4 is 20.4 Å². The minimum Gasteiger partial charge on any atom is -0.497 e. The zero-order chi connectivity index (χ0) is 21.0. The fourth-order valence-electron chi connectivity index (χ4n) is 2.61. The zero-order valence-corrected chi connectivity index (χ0v) is 16.4. The zero-order valence-electron chi connectivity index (χ0n) is 16.4. The van der Waals surface area contributed by atoms with Gasteiger partial charge in [-0.15, -0.1) is 0 Å². The number of hydrogen-bond acceptors (Lipinski definition) is 6. The van der Waals surface area contributed by atoms with Gasteiger partial charge in [0.25, 0.3) is 5.91 Å². The van der Waals surface area contributed by atoms with E-state index in [0.29, 0.717) is 16.7 Å². The van der Waals surface area contributed by atoms with Gasteiger partial charge in [-0.2, -0.15) is 0 Å². The Morgan fingerprint density at radius 3 is 2.41 bits per heavy atom. The molecular weight excluding hydrogens is 374 g/mol. The molecule has 1 aromatic heterocycles. The molecule has 0 fully saturated rings. The molecule has 3 rings (SSSR count). The summed E-state index contributed by atoms with van der Waals surface area (Å²) in [6, 6.07) is 12.5. The molecule has 0 saturated carbocycles. The van der Waals surface area contributed by atoms with Gasteiger partial charge >= 0.3 is 11.6 Å². The molecule has 1 unspecified atom stereocenters. The third-order valence-corrected chi connectivity index (χ3v) is 4.48. The number of hydrogen-bond donors (Lipinski definition) is 1. The van der Waals surface area contributed by atoms with Gasteiger partial charge in [0.1, 0.15) is 22.6 Å². The summed E-state index contributed by atoms with van der Waals surface area (Å²) in [4.78, 5) is 36.7. The van der Waals surface area contributed by atoms with Gasteiger partial charge < -0.3 is 19.2 Å². The Morgan fingerprint density at radius 1 is 1.07 bits per heavy atom. The molecule has 29 heavy (non-hydrogen) atoms. The second-order valence-corrected chi connectivity index (χ2v) is 6.55. The highest BCUT2D eigenvalue weighted by Gasteiger charge is 2.16. The van der Waals surface area contributed by atoms with Crippen LogP contribution in [0, 0.1) is 0 Å². The van der Waals surface area contributed by atoms with Crippen molar-refractivity contribution in [1.82, 2.24) is 5.32 Å². The fourth-order valence-corrected chi connectivity index (χ4v) is 2.61. The number of methoxy groups -OCH3 is 1. The number of carbonyl (C=O) groups excluding carboxylic acids is 2. The summed E-state index contributed by atoms with van der Waals surface area (Å²) in [5.41, 5.74) is -0.253. The van der Waals surface area contributed by atoms with Crippen LogP contribution in [-0.4, -0.2) is 25.0 Å². The standard InChI is InChI=1S/C22H21NO6/c1-4-13(2)23-20(24)18-11-15-7-10-17(12-19(15)29-22(18)26)28-21(25)14-5-8-16(27-3)9-6-14/h5-13H,4H2,1-3H3,(H,23,24). The molecule has 0 saturated heterocycles. The van der Waals surface area contributed by atoms with E-state index in [0.717, 1.165) is 6.42 Å². The monoisotopic (exact) mass is 395 g/mol. The summed E-state index contributed by atoms with van der Waals surface area (Å²) >= 11 is 0. The highest BCUT2D eigenvalue weighted by molar-refractivity contribution is 5.97. The van der Waals surface area contributed by atoms with Crippen LogP contribution >= 0.6 is 0 Å². The van der Waals surface area contributed by atoms with Gasteiger partial charge in [-0.1, -0.05) is 6.92 Å². The molecule has 1 heterocycles. The van der Waals surface area contributed by atoms with Gasteiger partial charge in [-0.05, 0) is 55.8 Å². The van der Waals surface area contributed by atoms with Crippen LogP contribution in [0.4, 0.5) is 0 Å². The Morgan fingerprint density at radius 2 is 1.76 bits per heavy atom. The van der Waals surface area contributed by atoms with Crippen LogP contribution in [0.3, 0.4) is 0 Å². The van der Waals surface area contributed by atoms with Crippen LogP contribution in [0.15, 0.2) is 57.7 Å². The van der Waals surface area contributed by atoms with Crippen LogP contribution in [0.5, 0.6) is 11.5 Å². The minimum atomic E-state index is -0.753. The molecule has 7 nitrogen and oxygen atoms in total. The molecule has 150 valence electrons. The molecule has 3 aromatic rings. The van der Waals surface area contributed by atoms with E-state index in [-0.39, 0.29) is 22.9 Å². The quantitative estimate of drug-likeness (QED) is 0.390. The smallest absolute Gasteiger partial charge is 0.349 e. The van der Waals surface area contributed by atoms with E-state index in [9.17, 15) is 14.4 Å². The number of fused-ring (bicyclic) bond motifs is 1. The molecule has 2 aromatic carbocycles. The SMILES string of the molecule is CCC(C)NC(=O)c1cc2ccc(OC(=O)c3ccc(OC)cc3)cc2oc1=O. The second-order valence-electron chi connectivity index (χ2n) is 6.55. The predicted molar refractivity (Wildman–Crippen MR) is 108 cm³/mol. The largest absolute Gasteiger partial charge is 0.497 e. The molecule has 1 amide bonds. The van der Waals surface area contributed by atoms with Crippen LogP contribution in [0.25, 0.3) is 11.0 Å². The lowest BCUT2D eigenvalue weighted by molar-refractivity contribution is 0.0734. The lowest BCUT2D eigenvalue weighted by Crippen LogP contribution is -2.34. The van der Waals surface area contributed by atoms with E-state index >= 15 is 0 Å². The van der Waals surface area contributed by atoms with E-state index in [2.05, 4.69) is 5.32 Å². The van der Waals surface area contributed by atoms with Gasteiger partial charge in [-0.25, -0.2) is 9.59 Å². The minimum absolute atomic E-state index is 0.0580. The molecule has 0 bridgehead atoms. The molecule has 0 aliphatic rings. The van der Waals surface area contributed by atoms with Crippen molar-refractivity contribution in [3.63, 3.8) is 0 Å². The summed E-state index contributed by atoms with van der Waals surface area (Å²) in [5.74, 6) is -0.190. The molecule has 0 spiro atoms. The number of amides is 1. The summed E-state index contributed by atoms with van der Waals surface area (Å²) in [6.07, 6.45) is 0.744. The van der Waals surface area contributed by atoms with E-state index in [1.807, 2.05) is 13.8 Å². The van der Waals surface area contributed by atoms with E-state index in [1.54, 1.807) is 36.4 Å². The average Bonchev–Trinajstić information content (AvgIpc) is 2.72. The fraction of sp³-hybridized carbons (Fsp3) is 0.227. The first-order chi connectivity index (χ1) is 13.9. The number of ether oxygens (including phenoxy) is 2. The van der Waals surface area contributed by atoms with Crippen molar-refractivity contribution < 1.29 is 23.5 Å². The Kier molecular flexibility index (Phi) is 5.97. The maximum absolute atomic E-state index is 12.3. The summed E-state index contributed by atoms with van der Waals surface area (Å²) < 4.78 is 15.7. The molecule has 7 heteroatoms. The Labute approximate surface area is 167 Å². The van der Waals surface area contributed by atoms with Crippen molar-refractivity contribution in [2.45, 2.75) is 26.3 Å². The first-order valence-electron chi connectivity index (χ1n) is 9.16. The van der Waals surface area contributed by atoms with E-state index in [1.165, 1.54) is 19.2 Å². The summed E-state index contributed by atoms with van der Waals surface area (Å²) in [5, 5.41) is 3.28. The normalized spacial score (nSPS) is 11.7. The lowest BCUT2D eigenvalue weighted by atomic mass is 10.1. The van der Waals surface area contributed by atoms with Crippen LogP contribution in [0.1, 0.15) is 41.0 Å². The third kappa shape index (κ3) is 4.63.